The molecule has 2 aromatic rings. The molecule has 1 aliphatic rings. The SMILES string of the molecule is O=C(NC1(CCl)CCOCC1)c1cccc2cccnc12. The average Bonchev–Trinajstić information content (AvgIpc) is 2.55. The smallest absolute Gasteiger partial charge is 0.253 e. The molecule has 1 aromatic carbocycles. The van der Waals surface area contributed by atoms with Gasteiger partial charge in [-0.15, -0.1) is 11.6 Å². The number of rotatable bonds is 3. The van der Waals surface area contributed by atoms with Crippen LogP contribution in [0.4, 0.5) is 0 Å². The lowest BCUT2D eigenvalue weighted by molar-refractivity contribution is 0.0434. The third kappa shape index (κ3) is 2.87. The van der Waals surface area contributed by atoms with Gasteiger partial charge in [0.15, 0.2) is 0 Å². The van der Waals surface area contributed by atoms with E-state index < -0.39 is 0 Å². The molecule has 2 heterocycles. The Morgan fingerprint density at radius 1 is 1.29 bits per heavy atom. The molecule has 0 atom stereocenters. The molecule has 5 heteroatoms. The highest BCUT2D eigenvalue weighted by molar-refractivity contribution is 6.19. The predicted molar refractivity (Wildman–Crippen MR) is 82.7 cm³/mol. The second-order valence-electron chi connectivity index (χ2n) is 5.36. The Kier molecular flexibility index (Phi) is 4.08. The fourth-order valence-corrected chi connectivity index (χ4v) is 2.98. The molecule has 1 N–H and O–H groups in total. The van der Waals surface area contributed by atoms with E-state index in [1.165, 1.54) is 0 Å². The highest BCUT2D eigenvalue weighted by Crippen LogP contribution is 2.24. The Balaban J connectivity index is 1.90. The van der Waals surface area contributed by atoms with Crippen LogP contribution in [0.2, 0.25) is 0 Å². The summed E-state index contributed by atoms with van der Waals surface area (Å²) in [7, 11) is 0. The summed E-state index contributed by atoms with van der Waals surface area (Å²) in [6.07, 6.45) is 3.17. The van der Waals surface area contributed by atoms with Crippen LogP contribution in [0.1, 0.15) is 23.2 Å². The maximum absolute atomic E-state index is 12.6. The first-order valence-electron chi connectivity index (χ1n) is 7.04. The van der Waals surface area contributed by atoms with Crippen LogP contribution in [-0.2, 0) is 4.74 Å². The van der Waals surface area contributed by atoms with Gasteiger partial charge in [0.25, 0.3) is 5.91 Å². The summed E-state index contributed by atoms with van der Waals surface area (Å²) in [6.45, 7) is 1.25. The molecule has 21 heavy (non-hydrogen) atoms. The largest absolute Gasteiger partial charge is 0.381 e. The zero-order valence-electron chi connectivity index (χ0n) is 11.6. The van der Waals surface area contributed by atoms with Crippen LogP contribution in [0.5, 0.6) is 0 Å². The molecule has 1 fully saturated rings. The van der Waals surface area contributed by atoms with Crippen molar-refractivity contribution in [2.75, 3.05) is 19.1 Å². The Labute approximate surface area is 128 Å². The first kappa shape index (κ1) is 14.3. The summed E-state index contributed by atoms with van der Waals surface area (Å²) in [5.74, 6) is 0.266. The van der Waals surface area contributed by atoms with Gasteiger partial charge in [-0.1, -0.05) is 18.2 Å². The number of fused-ring (bicyclic) bond motifs is 1. The van der Waals surface area contributed by atoms with E-state index in [2.05, 4.69) is 10.3 Å². The number of ether oxygens (including phenoxy) is 1. The number of amides is 1. The highest BCUT2D eigenvalue weighted by Gasteiger charge is 2.33. The quantitative estimate of drug-likeness (QED) is 0.887. The topological polar surface area (TPSA) is 51.2 Å². The Bertz CT molecular complexity index is 648. The summed E-state index contributed by atoms with van der Waals surface area (Å²) in [5, 5.41) is 4.06. The standard InChI is InChI=1S/C16H17ClN2O2/c17-11-16(6-9-21-10-7-16)19-15(20)13-5-1-3-12-4-2-8-18-14(12)13/h1-5,8H,6-7,9-11H2,(H,19,20). The van der Waals surface area contributed by atoms with E-state index in [1.54, 1.807) is 12.3 Å². The number of hydrogen-bond donors (Lipinski definition) is 1. The molecule has 1 saturated heterocycles. The van der Waals surface area contributed by atoms with Gasteiger partial charge in [0.2, 0.25) is 0 Å². The van der Waals surface area contributed by atoms with Crippen molar-refractivity contribution in [2.45, 2.75) is 18.4 Å². The van der Waals surface area contributed by atoms with Gasteiger partial charge in [-0.3, -0.25) is 9.78 Å². The van der Waals surface area contributed by atoms with E-state index in [9.17, 15) is 4.79 Å². The van der Waals surface area contributed by atoms with E-state index in [0.717, 1.165) is 18.2 Å². The van der Waals surface area contributed by atoms with Crippen LogP contribution < -0.4 is 5.32 Å². The van der Waals surface area contributed by atoms with Gasteiger partial charge < -0.3 is 10.1 Å². The molecule has 0 aliphatic carbocycles. The molecule has 0 spiro atoms. The Morgan fingerprint density at radius 2 is 2.05 bits per heavy atom. The van der Waals surface area contributed by atoms with E-state index in [1.807, 2.05) is 24.3 Å². The molecular weight excluding hydrogens is 288 g/mol. The van der Waals surface area contributed by atoms with E-state index in [0.29, 0.717) is 30.2 Å². The van der Waals surface area contributed by atoms with E-state index >= 15 is 0 Å². The zero-order valence-corrected chi connectivity index (χ0v) is 12.4. The molecule has 0 radical (unpaired) electrons. The number of carbonyl (C=O) groups is 1. The molecule has 1 aromatic heterocycles. The van der Waals surface area contributed by atoms with Crippen molar-refractivity contribution >= 4 is 28.4 Å². The number of pyridine rings is 1. The molecule has 4 nitrogen and oxygen atoms in total. The molecule has 1 aliphatic heterocycles. The van der Waals surface area contributed by atoms with Crippen molar-refractivity contribution in [3.8, 4) is 0 Å². The van der Waals surface area contributed by atoms with Gasteiger partial charge in [-0.2, -0.15) is 0 Å². The highest BCUT2D eigenvalue weighted by atomic mass is 35.5. The average molecular weight is 305 g/mol. The van der Waals surface area contributed by atoms with Crippen molar-refractivity contribution in [3.05, 3.63) is 42.1 Å². The number of alkyl halides is 1. The second kappa shape index (κ2) is 6.00. The van der Waals surface area contributed by atoms with Crippen LogP contribution in [0, 0.1) is 0 Å². The maximum atomic E-state index is 12.6. The lowest BCUT2D eigenvalue weighted by atomic mass is 9.91. The van der Waals surface area contributed by atoms with Gasteiger partial charge in [0.1, 0.15) is 0 Å². The van der Waals surface area contributed by atoms with Crippen LogP contribution in [0.3, 0.4) is 0 Å². The Morgan fingerprint density at radius 3 is 2.81 bits per heavy atom. The maximum Gasteiger partial charge on any atom is 0.253 e. The molecule has 110 valence electrons. The minimum Gasteiger partial charge on any atom is -0.381 e. The third-order valence-corrected chi connectivity index (χ3v) is 4.47. The van der Waals surface area contributed by atoms with Crippen LogP contribution in [-0.4, -0.2) is 35.5 Å². The Hall–Kier alpha value is -1.65. The van der Waals surface area contributed by atoms with E-state index in [4.69, 9.17) is 16.3 Å². The first-order valence-corrected chi connectivity index (χ1v) is 7.58. The monoisotopic (exact) mass is 304 g/mol. The molecule has 1 amide bonds. The van der Waals surface area contributed by atoms with Gasteiger partial charge >= 0.3 is 0 Å². The fraction of sp³-hybridized carbons (Fsp3) is 0.375. The van der Waals surface area contributed by atoms with Crippen molar-refractivity contribution < 1.29 is 9.53 Å². The van der Waals surface area contributed by atoms with Crippen molar-refractivity contribution in [1.29, 1.82) is 0 Å². The number of benzene rings is 1. The number of para-hydroxylation sites is 1. The molecular formula is C16H17ClN2O2. The van der Waals surface area contributed by atoms with Crippen molar-refractivity contribution in [2.24, 2.45) is 0 Å². The van der Waals surface area contributed by atoms with Crippen LogP contribution in [0.15, 0.2) is 36.5 Å². The molecule has 3 rings (SSSR count). The first-order chi connectivity index (χ1) is 10.2. The predicted octanol–water partition coefficient (Wildman–Crippen LogP) is 2.75. The number of halogens is 1. The number of aromatic nitrogens is 1. The summed E-state index contributed by atoms with van der Waals surface area (Å²) < 4.78 is 5.36. The summed E-state index contributed by atoms with van der Waals surface area (Å²) in [6, 6.07) is 9.43. The molecule has 0 bridgehead atoms. The van der Waals surface area contributed by atoms with Gasteiger partial charge in [0, 0.05) is 30.7 Å². The van der Waals surface area contributed by atoms with Crippen molar-refractivity contribution in [1.82, 2.24) is 10.3 Å². The minimum atomic E-state index is -0.381. The normalized spacial score (nSPS) is 17.6. The molecule has 0 unspecified atom stereocenters. The summed E-state index contributed by atoms with van der Waals surface area (Å²) >= 11 is 6.10. The molecule has 0 saturated carbocycles. The number of nitrogens with zero attached hydrogens (tertiary/aromatic N) is 1. The lowest BCUT2D eigenvalue weighted by Gasteiger charge is -2.36. The zero-order chi connectivity index (χ0) is 14.7. The second-order valence-corrected chi connectivity index (χ2v) is 5.63. The third-order valence-electron chi connectivity index (χ3n) is 3.96. The van der Waals surface area contributed by atoms with Crippen LogP contribution in [0.25, 0.3) is 10.9 Å². The van der Waals surface area contributed by atoms with Gasteiger partial charge in [-0.25, -0.2) is 0 Å². The number of nitrogens with one attached hydrogen (secondary N) is 1. The van der Waals surface area contributed by atoms with Gasteiger partial charge in [-0.05, 0) is 25.0 Å². The summed E-state index contributed by atoms with van der Waals surface area (Å²) in [4.78, 5) is 17.0. The van der Waals surface area contributed by atoms with Gasteiger partial charge in [0.05, 0.1) is 16.6 Å². The summed E-state index contributed by atoms with van der Waals surface area (Å²) in [5.41, 5.74) is 0.923. The lowest BCUT2D eigenvalue weighted by Crippen LogP contribution is -2.53. The van der Waals surface area contributed by atoms with E-state index in [-0.39, 0.29) is 11.4 Å². The van der Waals surface area contributed by atoms with Crippen molar-refractivity contribution in [3.63, 3.8) is 0 Å². The number of carbonyl (C=O) groups excluding carboxylic acids is 1. The fourth-order valence-electron chi connectivity index (χ4n) is 2.65. The minimum absolute atomic E-state index is 0.123. The van der Waals surface area contributed by atoms with Crippen LogP contribution >= 0.6 is 11.6 Å². The number of hydrogen-bond acceptors (Lipinski definition) is 3.